The summed E-state index contributed by atoms with van der Waals surface area (Å²) in [6.45, 7) is 3.34. The molecular formula is C14H13FN2O2. The van der Waals surface area contributed by atoms with E-state index >= 15 is 0 Å². The van der Waals surface area contributed by atoms with Gasteiger partial charge in [-0.2, -0.15) is 5.26 Å². The SMILES string of the molecule is CC1(C)CC(=O)N(Cc2cc(F)ccc2C#N)C1=O. The highest BCUT2D eigenvalue weighted by Gasteiger charge is 2.44. The van der Waals surface area contributed by atoms with Crippen LogP contribution in [0.1, 0.15) is 31.4 Å². The molecule has 2 rings (SSSR count). The number of benzene rings is 1. The molecule has 0 spiro atoms. The van der Waals surface area contributed by atoms with Crippen LogP contribution in [0.25, 0.3) is 0 Å². The van der Waals surface area contributed by atoms with Crippen LogP contribution in [0.2, 0.25) is 0 Å². The molecule has 0 aliphatic carbocycles. The maximum absolute atomic E-state index is 13.2. The van der Waals surface area contributed by atoms with Crippen LogP contribution in [0.3, 0.4) is 0 Å². The van der Waals surface area contributed by atoms with Gasteiger partial charge in [0, 0.05) is 6.42 Å². The monoisotopic (exact) mass is 260 g/mol. The lowest BCUT2D eigenvalue weighted by atomic mass is 9.92. The van der Waals surface area contributed by atoms with E-state index < -0.39 is 11.2 Å². The highest BCUT2D eigenvalue weighted by molar-refractivity contribution is 6.05. The van der Waals surface area contributed by atoms with Crippen molar-refractivity contribution >= 4 is 11.8 Å². The summed E-state index contributed by atoms with van der Waals surface area (Å²) in [4.78, 5) is 25.0. The zero-order valence-electron chi connectivity index (χ0n) is 10.7. The van der Waals surface area contributed by atoms with Crippen LogP contribution in [-0.4, -0.2) is 16.7 Å². The third-order valence-electron chi connectivity index (χ3n) is 3.23. The average Bonchev–Trinajstić information content (AvgIpc) is 2.52. The summed E-state index contributed by atoms with van der Waals surface area (Å²) in [5.41, 5.74) is -0.106. The summed E-state index contributed by atoms with van der Waals surface area (Å²) in [6.07, 6.45) is 0.142. The Kier molecular flexibility index (Phi) is 3.11. The fourth-order valence-corrected chi connectivity index (χ4v) is 2.16. The molecule has 1 aliphatic heterocycles. The van der Waals surface area contributed by atoms with E-state index in [-0.39, 0.29) is 30.3 Å². The number of nitrogens with zero attached hydrogens (tertiary/aromatic N) is 2. The fourth-order valence-electron chi connectivity index (χ4n) is 2.16. The molecule has 0 unspecified atom stereocenters. The normalized spacial score (nSPS) is 17.7. The second-order valence-corrected chi connectivity index (χ2v) is 5.26. The Balaban J connectivity index is 2.33. The molecule has 4 nitrogen and oxygen atoms in total. The van der Waals surface area contributed by atoms with Crippen molar-refractivity contribution in [2.24, 2.45) is 5.41 Å². The summed E-state index contributed by atoms with van der Waals surface area (Å²) in [5, 5.41) is 8.96. The molecule has 5 heteroatoms. The number of hydrogen-bond donors (Lipinski definition) is 0. The molecule has 1 aromatic rings. The van der Waals surface area contributed by atoms with Crippen LogP contribution >= 0.6 is 0 Å². The smallest absolute Gasteiger partial charge is 0.235 e. The zero-order valence-corrected chi connectivity index (χ0v) is 10.7. The Morgan fingerprint density at radius 1 is 1.42 bits per heavy atom. The van der Waals surface area contributed by atoms with Crippen LogP contribution in [-0.2, 0) is 16.1 Å². The second-order valence-electron chi connectivity index (χ2n) is 5.26. The predicted molar refractivity (Wildman–Crippen MR) is 65.1 cm³/mol. The van der Waals surface area contributed by atoms with E-state index in [1.54, 1.807) is 13.8 Å². The summed E-state index contributed by atoms with van der Waals surface area (Å²) in [6, 6.07) is 5.64. The van der Waals surface area contributed by atoms with Gasteiger partial charge in [-0.15, -0.1) is 0 Å². The molecule has 0 bridgehead atoms. The molecule has 1 fully saturated rings. The number of carbonyl (C=O) groups is 2. The van der Waals surface area contributed by atoms with E-state index in [0.29, 0.717) is 5.56 Å². The lowest BCUT2D eigenvalue weighted by Crippen LogP contribution is -2.32. The first kappa shape index (κ1) is 13.2. The Morgan fingerprint density at radius 2 is 2.11 bits per heavy atom. The van der Waals surface area contributed by atoms with Gasteiger partial charge in [0.2, 0.25) is 11.8 Å². The molecule has 0 saturated carbocycles. The van der Waals surface area contributed by atoms with E-state index in [1.165, 1.54) is 18.2 Å². The molecule has 19 heavy (non-hydrogen) atoms. The van der Waals surface area contributed by atoms with E-state index in [2.05, 4.69) is 0 Å². The van der Waals surface area contributed by atoms with Crippen LogP contribution in [0, 0.1) is 22.6 Å². The van der Waals surface area contributed by atoms with Crippen molar-refractivity contribution < 1.29 is 14.0 Å². The first-order valence-corrected chi connectivity index (χ1v) is 5.88. The highest BCUT2D eigenvalue weighted by atomic mass is 19.1. The number of hydrogen-bond acceptors (Lipinski definition) is 3. The number of imide groups is 1. The Morgan fingerprint density at radius 3 is 2.63 bits per heavy atom. The van der Waals surface area contributed by atoms with Crippen LogP contribution in [0.15, 0.2) is 18.2 Å². The minimum absolute atomic E-state index is 0.0538. The molecule has 1 aliphatic rings. The third kappa shape index (κ3) is 2.34. The number of rotatable bonds is 2. The zero-order chi connectivity index (χ0) is 14.2. The van der Waals surface area contributed by atoms with Crippen molar-refractivity contribution in [1.82, 2.24) is 4.90 Å². The average molecular weight is 260 g/mol. The summed E-state index contributed by atoms with van der Waals surface area (Å²) < 4.78 is 13.2. The van der Waals surface area contributed by atoms with Crippen molar-refractivity contribution in [1.29, 1.82) is 5.26 Å². The molecule has 0 radical (unpaired) electrons. The van der Waals surface area contributed by atoms with E-state index in [4.69, 9.17) is 5.26 Å². The number of halogens is 1. The first-order chi connectivity index (χ1) is 8.85. The van der Waals surface area contributed by atoms with Gasteiger partial charge in [-0.05, 0) is 23.8 Å². The van der Waals surface area contributed by atoms with Crippen molar-refractivity contribution in [3.8, 4) is 6.07 Å². The van der Waals surface area contributed by atoms with Gasteiger partial charge in [-0.3, -0.25) is 14.5 Å². The quantitative estimate of drug-likeness (QED) is 0.764. The number of carbonyl (C=O) groups excluding carboxylic acids is 2. The van der Waals surface area contributed by atoms with Gasteiger partial charge in [-0.1, -0.05) is 13.8 Å². The third-order valence-corrected chi connectivity index (χ3v) is 3.23. The fraction of sp³-hybridized carbons (Fsp3) is 0.357. The number of amides is 2. The standard InChI is InChI=1S/C14H13FN2O2/c1-14(2)6-12(18)17(13(14)19)8-10-5-11(15)4-3-9(10)7-16/h3-5H,6,8H2,1-2H3. The molecule has 1 heterocycles. The summed E-state index contributed by atoms with van der Waals surface area (Å²) in [7, 11) is 0. The Hall–Kier alpha value is -2.22. The molecule has 1 aromatic carbocycles. The minimum Gasteiger partial charge on any atom is -0.278 e. The van der Waals surface area contributed by atoms with Crippen molar-refractivity contribution in [2.45, 2.75) is 26.8 Å². The van der Waals surface area contributed by atoms with Crippen molar-refractivity contribution in [2.75, 3.05) is 0 Å². The maximum atomic E-state index is 13.2. The molecule has 2 amide bonds. The van der Waals surface area contributed by atoms with Gasteiger partial charge >= 0.3 is 0 Å². The largest absolute Gasteiger partial charge is 0.278 e. The summed E-state index contributed by atoms with van der Waals surface area (Å²) in [5.74, 6) is -1.07. The molecule has 98 valence electrons. The van der Waals surface area contributed by atoms with Gasteiger partial charge in [-0.25, -0.2) is 4.39 Å². The molecule has 0 atom stereocenters. The summed E-state index contributed by atoms with van der Waals surface area (Å²) >= 11 is 0. The Labute approximate surface area is 110 Å². The van der Waals surface area contributed by atoms with E-state index in [1.807, 2.05) is 6.07 Å². The van der Waals surface area contributed by atoms with Gasteiger partial charge in [0.05, 0.1) is 23.6 Å². The second kappa shape index (κ2) is 4.47. The van der Waals surface area contributed by atoms with E-state index in [9.17, 15) is 14.0 Å². The maximum Gasteiger partial charge on any atom is 0.235 e. The Bertz CT molecular complexity index is 602. The molecular weight excluding hydrogens is 247 g/mol. The molecule has 1 saturated heterocycles. The lowest BCUT2D eigenvalue weighted by Gasteiger charge is -2.18. The van der Waals surface area contributed by atoms with Crippen molar-refractivity contribution in [3.63, 3.8) is 0 Å². The molecule has 0 N–H and O–H groups in total. The van der Waals surface area contributed by atoms with E-state index in [0.717, 1.165) is 4.90 Å². The first-order valence-electron chi connectivity index (χ1n) is 5.88. The predicted octanol–water partition coefficient (Wildman–Crippen LogP) is 1.98. The van der Waals surface area contributed by atoms with Crippen LogP contribution < -0.4 is 0 Å². The molecule has 0 aromatic heterocycles. The van der Waals surface area contributed by atoms with Gasteiger partial charge in [0.25, 0.3) is 0 Å². The van der Waals surface area contributed by atoms with Crippen LogP contribution in [0.4, 0.5) is 4.39 Å². The number of likely N-dealkylation sites (tertiary alicyclic amines) is 1. The topological polar surface area (TPSA) is 61.2 Å². The lowest BCUT2D eigenvalue weighted by molar-refractivity contribution is -0.141. The van der Waals surface area contributed by atoms with Gasteiger partial charge < -0.3 is 0 Å². The number of nitriles is 1. The minimum atomic E-state index is -0.725. The van der Waals surface area contributed by atoms with Gasteiger partial charge in [0.1, 0.15) is 5.82 Å². The highest BCUT2D eigenvalue weighted by Crippen LogP contribution is 2.32. The van der Waals surface area contributed by atoms with Crippen molar-refractivity contribution in [3.05, 3.63) is 35.1 Å². The van der Waals surface area contributed by atoms with Gasteiger partial charge in [0.15, 0.2) is 0 Å². The van der Waals surface area contributed by atoms with Crippen LogP contribution in [0.5, 0.6) is 0 Å².